The molecule has 0 unspecified atom stereocenters. The molecule has 1 amide bonds. The summed E-state index contributed by atoms with van der Waals surface area (Å²) >= 11 is 6.56. The van der Waals surface area contributed by atoms with Crippen LogP contribution in [0.3, 0.4) is 0 Å². The maximum absolute atomic E-state index is 15.5. The number of nitrogens with one attached hydrogen (secondary N) is 2. The van der Waals surface area contributed by atoms with Gasteiger partial charge >= 0.3 is 6.18 Å². The Morgan fingerprint density at radius 3 is 2.30 bits per heavy atom. The van der Waals surface area contributed by atoms with Gasteiger partial charge in [-0.3, -0.25) is 33.2 Å². The molecule has 0 radical (unpaired) electrons. The number of aromatic nitrogens is 7. The first kappa shape index (κ1) is 45.1. The van der Waals surface area contributed by atoms with E-state index >= 15 is 8.78 Å². The van der Waals surface area contributed by atoms with Gasteiger partial charge in [0.2, 0.25) is 15.9 Å². The van der Waals surface area contributed by atoms with Crippen LogP contribution in [0.2, 0.25) is 5.02 Å². The largest absolute Gasteiger partial charge is 0.433 e. The highest BCUT2D eigenvalue weighted by Gasteiger charge is 2.67. The molecule has 66 heavy (non-hydrogen) atoms. The maximum atomic E-state index is 15.5. The fourth-order valence-electron chi connectivity index (χ4n) is 8.34. The Bertz CT molecular complexity index is 3100. The van der Waals surface area contributed by atoms with Crippen molar-refractivity contribution in [3.8, 4) is 16.9 Å². The standard InChI is InChI=1S/C40H29ClF11N9O4S/c41-23-4-5-26(34-32(23)37(57-59(34)14-28(44)45)58-66(64,65)20-2-3-20)61-30(63)12-24(17-1-6-27(53-13-17)40(50,51)52)55-38(61)25(9-16-7-18(42)10-19(43)8-16)54-29(62)15-60-35-31(33(56-60)36(46)47)21-11-22(21)39(35,48)49/h1,4-8,10,12-13,20-22,25,28,36H,2-3,9,11,14-15H2,(H,54,62)(H,57,58)/t21-,22+,25-/m0/s1. The summed E-state index contributed by atoms with van der Waals surface area (Å²) in [6.07, 6.45) is -10.9. The van der Waals surface area contributed by atoms with E-state index in [-0.39, 0.29) is 40.8 Å². The van der Waals surface area contributed by atoms with Crippen LogP contribution in [-0.4, -0.2) is 60.1 Å². The molecule has 4 heterocycles. The molecule has 13 nitrogen and oxygen atoms in total. The van der Waals surface area contributed by atoms with E-state index < -0.39 is 152 Å². The van der Waals surface area contributed by atoms with Crippen LogP contribution in [-0.2, 0) is 46.4 Å². The van der Waals surface area contributed by atoms with Gasteiger partial charge in [-0.15, -0.1) is 0 Å². The van der Waals surface area contributed by atoms with E-state index in [0.717, 1.165) is 36.4 Å². The Labute approximate surface area is 368 Å². The van der Waals surface area contributed by atoms with E-state index in [0.29, 0.717) is 32.3 Å². The molecular weight excluding hydrogens is 947 g/mol. The lowest BCUT2D eigenvalue weighted by atomic mass is 10.0. The molecule has 9 rings (SSSR count). The average molecular weight is 976 g/mol. The number of alkyl halides is 9. The third-order valence-corrected chi connectivity index (χ3v) is 13.5. The van der Waals surface area contributed by atoms with Crippen LogP contribution in [0.15, 0.2) is 59.5 Å². The van der Waals surface area contributed by atoms with E-state index in [2.05, 4.69) is 30.2 Å². The number of sulfonamides is 1. The van der Waals surface area contributed by atoms with E-state index in [1.165, 1.54) is 0 Å². The second kappa shape index (κ2) is 16.0. The number of nitrogens with zero attached hydrogens (tertiary/aromatic N) is 7. The van der Waals surface area contributed by atoms with E-state index in [1.54, 1.807) is 0 Å². The summed E-state index contributed by atoms with van der Waals surface area (Å²) in [5.74, 6) is -10.6. The summed E-state index contributed by atoms with van der Waals surface area (Å²) < 4.78 is 188. The summed E-state index contributed by atoms with van der Waals surface area (Å²) in [7, 11) is -4.15. The molecule has 6 aromatic rings. The number of hydrogen-bond acceptors (Lipinski definition) is 8. The van der Waals surface area contributed by atoms with Gasteiger partial charge in [0.1, 0.15) is 47.6 Å². The number of carbonyl (C=O) groups is 1. The number of rotatable bonds is 14. The topological polar surface area (TPSA) is 159 Å². The van der Waals surface area contributed by atoms with Crippen LogP contribution in [0.4, 0.5) is 54.1 Å². The van der Waals surface area contributed by atoms with Crippen molar-refractivity contribution >= 4 is 44.3 Å². The van der Waals surface area contributed by atoms with E-state index in [1.807, 2.05) is 0 Å². The van der Waals surface area contributed by atoms with Gasteiger partial charge in [0.05, 0.1) is 38.6 Å². The van der Waals surface area contributed by atoms with Gasteiger partial charge in [0.25, 0.3) is 24.3 Å². The quantitative estimate of drug-likeness (QED) is 0.103. The van der Waals surface area contributed by atoms with Crippen molar-refractivity contribution in [1.82, 2.24) is 39.4 Å². The lowest BCUT2D eigenvalue weighted by Crippen LogP contribution is -2.38. The minimum Gasteiger partial charge on any atom is -0.344 e. The Hall–Kier alpha value is -6.11. The number of halogens is 12. The molecule has 2 N–H and O–H groups in total. The zero-order valence-electron chi connectivity index (χ0n) is 33.1. The average Bonchev–Trinajstić information content (AvgIpc) is 4.14. The molecule has 3 aliphatic carbocycles. The van der Waals surface area contributed by atoms with Crippen molar-refractivity contribution in [2.24, 2.45) is 5.92 Å². The number of carbonyl (C=O) groups excluding carboxylic acids is 1. The molecular formula is C40H29ClF11N9O4S. The van der Waals surface area contributed by atoms with Crippen molar-refractivity contribution in [3.05, 3.63) is 116 Å². The first-order chi connectivity index (χ1) is 31.0. The molecule has 348 valence electrons. The number of hydrogen-bond donors (Lipinski definition) is 2. The molecule has 0 saturated heterocycles. The zero-order valence-corrected chi connectivity index (χ0v) is 34.7. The molecule has 0 aliphatic heterocycles. The van der Waals surface area contributed by atoms with Gasteiger partial charge in [-0.2, -0.15) is 32.1 Å². The smallest absolute Gasteiger partial charge is 0.344 e. The van der Waals surface area contributed by atoms with Crippen molar-refractivity contribution in [1.29, 1.82) is 0 Å². The fraction of sp³-hybridized carbons (Fsp3) is 0.350. The van der Waals surface area contributed by atoms with Gasteiger partial charge in [-0.25, -0.2) is 39.7 Å². The summed E-state index contributed by atoms with van der Waals surface area (Å²) in [5.41, 5.74) is -6.52. The molecule has 3 aliphatic rings. The van der Waals surface area contributed by atoms with Crippen molar-refractivity contribution in [2.45, 2.75) is 80.9 Å². The number of fused-ring (bicyclic) bond motifs is 4. The van der Waals surface area contributed by atoms with Gasteiger partial charge < -0.3 is 5.32 Å². The first-order valence-corrected chi connectivity index (χ1v) is 21.6. The number of anilines is 1. The maximum Gasteiger partial charge on any atom is 0.433 e. The molecule has 2 fully saturated rings. The Balaban J connectivity index is 1.25. The SMILES string of the molecule is O=C(Cn1nc(C(F)F)c2c1C(F)(F)[C@@H]1C[C@H]21)N[C@@H](Cc1cc(F)cc(F)c1)c1nc(-c2ccc(C(F)(F)F)nc2)cc(=O)n1-c1ccc(Cl)c2c(NS(=O)(=O)C3CC3)nn(CC(F)F)c12. The number of benzene rings is 2. The number of pyridine rings is 1. The lowest BCUT2D eigenvalue weighted by molar-refractivity contribution is -0.141. The van der Waals surface area contributed by atoms with E-state index in [4.69, 9.17) is 11.6 Å². The van der Waals surface area contributed by atoms with E-state index in [9.17, 15) is 57.5 Å². The molecule has 3 atom stereocenters. The zero-order chi connectivity index (χ0) is 47.4. The highest BCUT2D eigenvalue weighted by atomic mass is 35.5. The Morgan fingerprint density at radius 1 is 0.970 bits per heavy atom. The molecule has 26 heteroatoms. The highest BCUT2D eigenvalue weighted by molar-refractivity contribution is 7.93. The van der Waals surface area contributed by atoms with Crippen molar-refractivity contribution in [3.63, 3.8) is 0 Å². The predicted octanol–water partition coefficient (Wildman–Crippen LogP) is 8.21. The van der Waals surface area contributed by atoms with Gasteiger partial charge in [0.15, 0.2) is 5.82 Å². The second-order valence-electron chi connectivity index (χ2n) is 15.9. The van der Waals surface area contributed by atoms with Crippen molar-refractivity contribution < 1.29 is 61.5 Å². The monoisotopic (exact) mass is 975 g/mol. The molecule has 0 bridgehead atoms. The Morgan fingerprint density at radius 2 is 1.68 bits per heavy atom. The third kappa shape index (κ3) is 8.23. The first-order valence-electron chi connectivity index (χ1n) is 19.7. The second-order valence-corrected chi connectivity index (χ2v) is 18.3. The van der Waals surface area contributed by atoms with Gasteiger partial charge in [-0.05, 0) is 67.1 Å². The van der Waals surface area contributed by atoms with Crippen LogP contribution in [0.5, 0.6) is 0 Å². The molecule has 4 aromatic heterocycles. The van der Waals surface area contributed by atoms with Gasteiger partial charge in [0, 0.05) is 41.8 Å². The van der Waals surface area contributed by atoms with Crippen LogP contribution >= 0.6 is 11.6 Å². The van der Waals surface area contributed by atoms with Gasteiger partial charge in [-0.1, -0.05) is 11.6 Å². The summed E-state index contributed by atoms with van der Waals surface area (Å²) in [6, 6.07) is 4.75. The van der Waals surface area contributed by atoms with Crippen LogP contribution < -0.4 is 15.6 Å². The summed E-state index contributed by atoms with van der Waals surface area (Å²) in [5, 5.41) is 8.72. The van der Waals surface area contributed by atoms with Crippen LogP contribution in [0.1, 0.15) is 71.7 Å². The molecule has 0 spiro atoms. The fourth-order valence-corrected chi connectivity index (χ4v) is 9.91. The summed E-state index contributed by atoms with van der Waals surface area (Å²) in [6.45, 7) is -2.40. The Kier molecular flexibility index (Phi) is 11.0. The number of amides is 1. The van der Waals surface area contributed by atoms with Crippen LogP contribution in [0, 0.1) is 17.6 Å². The normalized spacial score (nSPS) is 18.2. The van der Waals surface area contributed by atoms with Crippen LogP contribution in [0.25, 0.3) is 27.8 Å². The molecule has 2 saturated carbocycles. The minimum absolute atomic E-state index is 0.0973. The predicted molar refractivity (Wildman–Crippen MR) is 211 cm³/mol. The lowest BCUT2D eigenvalue weighted by Gasteiger charge is -2.24. The minimum atomic E-state index is -4.90. The summed E-state index contributed by atoms with van der Waals surface area (Å²) in [4.78, 5) is 36.6. The molecule has 2 aromatic carbocycles. The third-order valence-electron chi connectivity index (χ3n) is 11.3. The highest BCUT2D eigenvalue weighted by Crippen LogP contribution is 2.68. The van der Waals surface area contributed by atoms with Crippen molar-refractivity contribution in [2.75, 3.05) is 4.72 Å².